The van der Waals surface area contributed by atoms with Gasteiger partial charge in [0.2, 0.25) is 0 Å². The molecule has 0 aromatic heterocycles. The van der Waals surface area contributed by atoms with Crippen LogP contribution in [0.5, 0.6) is 11.5 Å². The quantitative estimate of drug-likeness (QED) is 0.836. The molecular weight excluding hydrogens is 266 g/mol. The van der Waals surface area contributed by atoms with Gasteiger partial charge in [0.15, 0.2) is 6.10 Å². The molecule has 1 fully saturated rings. The fraction of sp³-hybridized carbons (Fsp3) is 0.588. The third kappa shape index (κ3) is 4.13. The largest absolute Gasteiger partial charge is 0.497 e. The van der Waals surface area contributed by atoms with E-state index in [4.69, 9.17) is 9.47 Å². The van der Waals surface area contributed by atoms with E-state index in [1.165, 1.54) is 19.3 Å². The molecule has 0 radical (unpaired) electrons. The number of carbonyl (C=O) groups is 1. The van der Waals surface area contributed by atoms with Crippen molar-refractivity contribution in [2.75, 3.05) is 14.2 Å². The van der Waals surface area contributed by atoms with E-state index < -0.39 is 6.10 Å². The van der Waals surface area contributed by atoms with Gasteiger partial charge in [-0.2, -0.15) is 0 Å². The highest BCUT2D eigenvalue weighted by molar-refractivity contribution is 5.81. The smallest absolute Gasteiger partial charge is 0.263 e. The maximum atomic E-state index is 12.4. The summed E-state index contributed by atoms with van der Waals surface area (Å²) in [6, 6.07) is 7.68. The first-order valence-electron chi connectivity index (χ1n) is 7.69. The first-order chi connectivity index (χ1) is 10.1. The SMILES string of the molecule is COc1ccc(OC(C)C(=O)N(C)C2CCCCC2)cc1. The minimum atomic E-state index is -0.467. The number of likely N-dealkylation sites (N-methyl/N-ethyl adjacent to an activating group) is 1. The summed E-state index contributed by atoms with van der Waals surface area (Å²) in [4.78, 5) is 14.3. The molecule has 1 unspecified atom stereocenters. The summed E-state index contributed by atoms with van der Waals surface area (Å²) >= 11 is 0. The Morgan fingerprint density at radius 2 is 1.71 bits per heavy atom. The maximum Gasteiger partial charge on any atom is 0.263 e. The van der Waals surface area contributed by atoms with Crippen LogP contribution in [0.4, 0.5) is 0 Å². The molecular formula is C17H25NO3. The Morgan fingerprint density at radius 3 is 2.29 bits per heavy atom. The number of nitrogens with zero attached hydrogens (tertiary/aromatic N) is 1. The summed E-state index contributed by atoms with van der Waals surface area (Å²) in [6.45, 7) is 1.81. The van der Waals surface area contributed by atoms with Gasteiger partial charge in [-0.15, -0.1) is 0 Å². The minimum absolute atomic E-state index is 0.0534. The van der Waals surface area contributed by atoms with Crippen LogP contribution in [-0.4, -0.2) is 37.1 Å². The number of methoxy groups -OCH3 is 1. The van der Waals surface area contributed by atoms with Crippen LogP contribution >= 0.6 is 0 Å². The monoisotopic (exact) mass is 291 g/mol. The molecule has 1 aliphatic rings. The van der Waals surface area contributed by atoms with Crippen LogP contribution in [0.3, 0.4) is 0 Å². The molecule has 1 aromatic carbocycles. The molecule has 1 amide bonds. The lowest BCUT2D eigenvalue weighted by molar-refractivity contribution is -0.139. The van der Waals surface area contributed by atoms with Crippen LogP contribution in [0.2, 0.25) is 0 Å². The summed E-state index contributed by atoms with van der Waals surface area (Å²) in [6.07, 6.45) is 5.47. The molecule has 0 spiro atoms. The third-order valence-corrected chi connectivity index (χ3v) is 4.19. The number of benzene rings is 1. The second-order valence-electron chi connectivity index (χ2n) is 5.68. The van der Waals surface area contributed by atoms with Crippen molar-refractivity contribution in [3.05, 3.63) is 24.3 Å². The molecule has 2 rings (SSSR count). The Kier molecular flexibility index (Phi) is 5.48. The van der Waals surface area contributed by atoms with E-state index in [1.807, 2.05) is 43.1 Å². The molecule has 4 nitrogen and oxygen atoms in total. The second kappa shape index (κ2) is 7.34. The Bertz CT molecular complexity index is 452. The number of amides is 1. The number of hydrogen-bond donors (Lipinski definition) is 0. The lowest BCUT2D eigenvalue weighted by atomic mass is 9.94. The number of ether oxygens (including phenoxy) is 2. The summed E-state index contributed by atoms with van der Waals surface area (Å²) < 4.78 is 10.8. The van der Waals surface area contributed by atoms with Crippen molar-refractivity contribution in [1.82, 2.24) is 4.90 Å². The summed E-state index contributed by atoms with van der Waals surface area (Å²) in [7, 11) is 3.52. The van der Waals surface area contributed by atoms with Crippen molar-refractivity contribution in [1.29, 1.82) is 0 Å². The topological polar surface area (TPSA) is 38.8 Å². The second-order valence-corrected chi connectivity index (χ2v) is 5.68. The minimum Gasteiger partial charge on any atom is -0.497 e. The molecule has 0 aliphatic heterocycles. The molecule has 1 aromatic rings. The molecule has 4 heteroatoms. The molecule has 21 heavy (non-hydrogen) atoms. The Morgan fingerprint density at radius 1 is 1.14 bits per heavy atom. The number of carbonyl (C=O) groups excluding carboxylic acids is 1. The Hall–Kier alpha value is -1.71. The lowest BCUT2D eigenvalue weighted by Crippen LogP contribution is -2.44. The van der Waals surface area contributed by atoms with Gasteiger partial charge in [0.1, 0.15) is 11.5 Å². The van der Waals surface area contributed by atoms with Gasteiger partial charge in [0.25, 0.3) is 5.91 Å². The van der Waals surface area contributed by atoms with Crippen LogP contribution in [0.15, 0.2) is 24.3 Å². The standard InChI is InChI=1S/C17H25NO3/c1-13(21-16-11-9-15(20-3)10-12-16)17(19)18(2)14-7-5-4-6-8-14/h9-14H,4-8H2,1-3H3. The molecule has 0 N–H and O–H groups in total. The van der Waals surface area contributed by atoms with Crippen molar-refractivity contribution in [3.8, 4) is 11.5 Å². The molecule has 0 bridgehead atoms. The van der Waals surface area contributed by atoms with E-state index >= 15 is 0 Å². The summed E-state index contributed by atoms with van der Waals surface area (Å²) in [5.74, 6) is 1.52. The van der Waals surface area contributed by atoms with Crippen molar-refractivity contribution >= 4 is 5.91 Å². The third-order valence-electron chi connectivity index (χ3n) is 4.19. The zero-order valence-corrected chi connectivity index (χ0v) is 13.2. The van der Waals surface area contributed by atoms with Gasteiger partial charge in [0, 0.05) is 13.1 Å². The molecule has 0 saturated heterocycles. The normalized spacial score (nSPS) is 17.1. The van der Waals surface area contributed by atoms with Crippen LogP contribution in [-0.2, 0) is 4.79 Å². The average molecular weight is 291 g/mol. The van der Waals surface area contributed by atoms with Crippen LogP contribution in [0, 0.1) is 0 Å². The zero-order valence-electron chi connectivity index (χ0n) is 13.2. The molecule has 116 valence electrons. The van der Waals surface area contributed by atoms with Crippen LogP contribution < -0.4 is 9.47 Å². The van der Waals surface area contributed by atoms with E-state index in [2.05, 4.69) is 0 Å². The number of hydrogen-bond acceptors (Lipinski definition) is 3. The lowest BCUT2D eigenvalue weighted by Gasteiger charge is -2.32. The van der Waals surface area contributed by atoms with E-state index in [-0.39, 0.29) is 5.91 Å². The fourth-order valence-corrected chi connectivity index (χ4v) is 2.84. The van der Waals surface area contributed by atoms with Crippen molar-refractivity contribution in [2.45, 2.75) is 51.2 Å². The van der Waals surface area contributed by atoms with Crippen molar-refractivity contribution in [3.63, 3.8) is 0 Å². The highest BCUT2D eigenvalue weighted by Gasteiger charge is 2.26. The first-order valence-corrected chi connectivity index (χ1v) is 7.69. The molecule has 1 aliphatic carbocycles. The van der Waals surface area contributed by atoms with Gasteiger partial charge in [-0.1, -0.05) is 19.3 Å². The first kappa shape index (κ1) is 15.7. The fourth-order valence-electron chi connectivity index (χ4n) is 2.84. The number of rotatable bonds is 5. The Balaban J connectivity index is 1.91. The van der Waals surface area contributed by atoms with E-state index in [9.17, 15) is 4.79 Å². The van der Waals surface area contributed by atoms with Gasteiger partial charge >= 0.3 is 0 Å². The molecule has 0 heterocycles. The Labute approximate surface area is 127 Å². The average Bonchev–Trinajstić information content (AvgIpc) is 2.55. The van der Waals surface area contributed by atoms with Gasteiger partial charge < -0.3 is 14.4 Å². The highest BCUT2D eigenvalue weighted by Crippen LogP contribution is 2.23. The van der Waals surface area contributed by atoms with Crippen molar-refractivity contribution in [2.24, 2.45) is 0 Å². The van der Waals surface area contributed by atoms with Gasteiger partial charge in [-0.3, -0.25) is 4.79 Å². The molecule has 1 saturated carbocycles. The van der Waals surface area contributed by atoms with Crippen LogP contribution in [0.1, 0.15) is 39.0 Å². The zero-order chi connectivity index (χ0) is 15.2. The summed E-state index contributed by atoms with van der Waals surface area (Å²) in [5, 5.41) is 0. The highest BCUT2D eigenvalue weighted by atomic mass is 16.5. The van der Waals surface area contributed by atoms with Gasteiger partial charge in [-0.05, 0) is 44.0 Å². The van der Waals surface area contributed by atoms with E-state index in [0.29, 0.717) is 11.8 Å². The van der Waals surface area contributed by atoms with Gasteiger partial charge in [0.05, 0.1) is 7.11 Å². The predicted octanol–water partition coefficient (Wildman–Crippen LogP) is 3.25. The van der Waals surface area contributed by atoms with Crippen LogP contribution in [0.25, 0.3) is 0 Å². The van der Waals surface area contributed by atoms with Crippen molar-refractivity contribution < 1.29 is 14.3 Å². The van der Waals surface area contributed by atoms with E-state index in [0.717, 1.165) is 18.6 Å². The summed E-state index contributed by atoms with van der Waals surface area (Å²) in [5.41, 5.74) is 0. The van der Waals surface area contributed by atoms with E-state index in [1.54, 1.807) is 7.11 Å². The predicted molar refractivity (Wildman–Crippen MR) is 82.7 cm³/mol. The maximum absolute atomic E-state index is 12.4. The molecule has 1 atom stereocenters. The van der Waals surface area contributed by atoms with Gasteiger partial charge in [-0.25, -0.2) is 0 Å².